The van der Waals surface area contributed by atoms with Gasteiger partial charge < -0.3 is 4.57 Å². The highest BCUT2D eigenvalue weighted by Crippen LogP contribution is 1.66. The molecule has 9 heavy (non-hydrogen) atoms. The fourth-order valence-corrected chi connectivity index (χ4v) is 0.789. The second-order valence-electron chi connectivity index (χ2n) is 1.89. The summed E-state index contributed by atoms with van der Waals surface area (Å²) in [5.74, 6) is 0. The summed E-state index contributed by atoms with van der Waals surface area (Å²) in [6, 6.07) is 0. The van der Waals surface area contributed by atoms with Crippen LogP contribution in [0, 0.1) is 0 Å². The van der Waals surface area contributed by atoms with Gasteiger partial charge >= 0.3 is 0 Å². The first kappa shape index (κ1) is 6.07. The van der Waals surface area contributed by atoms with Crippen LogP contribution in [0.15, 0.2) is 11.3 Å². The van der Waals surface area contributed by atoms with Crippen LogP contribution in [0.5, 0.6) is 0 Å². The molecule has 0 aromatic carbocycles. The highest BCUT2D eigenvalue weighted by molar-refractivity contribution is 4.60. The van der Waals surface area contributed by atoms with E-state index in [2.05, 4.69) is 10.1 Å². The molecule has 1 aromatic rings. The Morgan fingerprint density at radius 3 is 2.44 bits per heavy atom. The maximum Gasteiger partial charge on any atom is 0.222 e. The smallest absolute Gasteiger partial charge is 0.222 e. The highest BCUT2D eigenvalue weighted by Gasteiger charge is 1.88. The van der Waals surface area contributed by atoms with Gasteiger partial charge in [0.2, 0.25) is 5.62 Å². The molecule has 0 saturated heterocycles. The number of rotatable bonds is 0. The quantitative estimate of drug-likeness (QED) is 0.452. The molecule has 4 nitrogen and oxygen atoms in total. The Balaban J connectivity index is 3.42. The van der Waals surface area contributed by atoms with Crippen molar-refractivity contribution in [3.05, 3.63) is 11.9 Å². The van der Waals surface area contributed by atoms with Crippen LogP contribution in [0.3, 0.4) is 0 Å². The average Bonchev–Trinajstić information content (AvgIpc) is 2.12. The molecule has 0 saturated carbocycles. The van der Waals surface area contributed by atoms with E-state index in [9.17, 15) is 0 Å². The molecule has 1 heterocycles. The predicted molar refractivity (Wildman–Crippen MR) is 33.7 cm³/mol. The first-order chi connectivity index (χ1) is 4.25. The molecular weight excluding hydrogens is 116 g/mol. The molecule has 0 N–H and O–H groups in total. The van der Waals surface area contributed by atoms with Crippen LogP contribution in [-0.4, -0.2) is 21.4 Å². The zero-order valence-electron chi connectivity index (χ0n) is 5.87. The Bertz CT molecular complexity index is 232. The first-order valence-electron chi connectivity index (χ1n) is 2.73. The second kappa shape index (κ2) is 2.05. The van der Waals surface area contributed by atoms with Crippen molar-refractivity contribution in [2.75, 3.05) is 7.05 Å². The van der Waals surface area contributed by atoms with Gasteiger partial charge in [0.05, 0.1) is 0 Å². The molecule has 0 unspecified atom stereocenters. The molecule has 0 radical (unpaired) electrons. The summed E-state index contributed by atoms with van der Waals surface area (Å²) in [7, 11) is 5.52. The van der Waals surface area contributed by atoms with Crippen molar-refractivity contribution in [1.82, 2.24) is 14.3 Å². The lowest BCUT2D eigenvalue weighted by Crippen LogP contribution is -2.21. The largest absolute Gasteiger partial charge is 0.303 e. The van der Waals surface area contributed by atoms with Crippen LogP contribution in [0.2, 0.25) is 0 Å². The number of aromatic nitrogens is 3. The van der Waals surface area contributed by atoms with Crippen LogP contribution in [0.25, 0.3) is 0 Å². The van der Waals surface area contributed by atoms with Crippen molar-refractivity contribution in [3.8, 4) is 0 Å². The van der Waals surface area contributed by atoms with Gasteiger partial charge in [-0.1, -0.05) is 0 Å². The van der Waals surface area contributed by atoms with E-state index in [1.54, 1.807) is 18.1 Å². The zero-order chi connectivity index (χ0) is 6.85. The Morgan fingerprint density at radius 1 is 1.56 bits per heavy atom. The third kappa shape index (κ3) is 0.872. The summed E-state index contributed by atoms with van der Waals surface area (Å²) in [5.41, 5.74) is 0.870. The lowest BCUT2D eigenvalue weighted by atomic mass is 11.0. The molecule has 0 bridgehead atoms. The molecule has 0 spiro atoms. The Labute approximate surface area is 53.5 Å². The standard InChI is InChI=1S/C5H10N4/c1-6-5-8(2)4-7-9(5)3/h4H,1-3H3. The van der Waals surface area contributed by atoms with E-state index in [1.807, 2.05) is 18.7 Å². The van der Waals surface area contributed by atoms with Gasteiger partial charge in [0.25, 0.3) is 0 Å². The lowest BCUT2D eigenvalue weighted by molar-refractivity contribution is 0.687. The van der Waals surface area contributed by atoms with E-state index >= 15 is 0 Å². The van der Waals surface area contributed by atoms with Crippen molar-refractivity contribution < 1.29 is 0 Å². The minimum atomic E-state index is 0.870. The van der Waals surface area contributed by atoms with E-state index in [-0.39, 0.29) is 0 Å². The Morgan fingerprint density at radius 2 is 2.22 bits per heavy atom. The molecule has 1 rings (SSSR count). The van der Waals surface area contributed by atoms with Gasteiger partial charge in [0.1, 0.15) is 6.33 Å². The van der Waals surface area contributed by atoms with E-state index < -0.39 is 0 Å². The molecule has 0 amide bonds. The van der Waals surface area contributed by atoms with Crippen molar-refractivity contribution in [2.45, 2.75) is 0 Å². The number of hydrogen-bond acceptors (Lipinski definition) is 2. The molecule has 0 atom stereocenters. The maximum absolute atomic E-state index is 3.99. The van der Waals surface area contributed by atoms with Crippen LogP contribution < -0.4 is 5.62 Å². The minimum absolute atomic E-state index is 0.870. The summed E-state index contributed by atoms with van der Waals surface area (Å²) in [5, 5.41) is 3.97. The summed E-state index contributed by atoms with van der Waals surface area (Å²) in [4.78, 5) is 3.99. The predicted octanol–water partition coefficient (Wildman–Crippen LogP) is -0.711. The van der Waals surface area contributed by atoms with E-state index in [1.165, 1.54) is 0 Å². The third-order valence-electron chi connectivity index (χ3n) is 1.20. The van der Waals surface area contributed by atoms with Gasteiger partial charge in [-0.3, -0.25) is 4.99 Å². The monoisotopic (exact) mass is 126 g/mol. The van der Waals surface area contributed by atoms with E-state index in [0.29, 0.717) is 0 Å². The lowest BCUT2D eigenvalue weighted by Gasteiger charge is -1.87. The van der Waals surface area contributed by atoms with Gasteiger partial charge in [0, 0.05) is 21.1 Å². The van der Waals surface area contributed by atoms with Gasteiger partial charge in [0.15, 0.2) is 0 Å². The normalized spacial score (nSPS) is 12.6. The van der Waals surface area contributed by atoms with Gasteiger partial charge in [-0.25, -0.2) is 4.68 Å². The topological polar surface area (TPSA) is 35.1 Å². The average molecular weight is 126 g/mol. The van der Waals surface area contributed by atoms with Crippen molar-refractivity contribution in [3.63, 3.8) is 0 Å². The molecule has 0 aliphatic carbocycles. The minimum Gasteiger partial charge on any atom is -0.303 e. The summed E-state index contributed by atoms with van der Waals surface area (Å²) >= 11 is 0. The maximum atomic E-state index is 3.99. The van der Waals surface area contributed by atoms with Gasteiger partial charge in [-0.05, 0) is 0 Å². The summed E-state index contributed by atoms with van der Waals surface area (Å²) < 4.78 is 3.58. The third-order valence-corrected chi connectivity index (χ3v) is 1.20. The van der Waals surface area contributed by atoms with Crippen molar-refractivity contribution in [1.29, 1.82) is 0 Å². The molecule has 50 valence electrons. The molecular formula is C5H10N4. The van der Waals surface area contributed by atoms with Gasteiger partial charge in [-0.15, -0.1) is 0 Å². The molecule has 1 aromatic heterocycles. The van der Waals surface area contributed by atoms with E-state index in [4.69, 9.17) is 0 Å². The number of aryl methyl sites for hydroxylation is 2. The Kier molecular flexibility index (Phi) is 1.38. The fourth-order valence-electron chi connectivity index (χ4n) is 0.789. The van der Waals surface area contributed by atoms with Gasteiger partial charge in [-0.2, -0.15) is 5.10 Å². The zero-order valence-corrected chi connectivity index (χ0v) is 5.87. The SMILES string of the molecule is CN=c1n(C)cnn1C. The van der Waals surface area contributed by atoms with Crippen LogP contribution in [0.1, 0.15) is 0 Å². The van der Waals surface area contributed by atoms with Crippen molar-refractivity contribution in [2.24, 2.45) is 19.1 Å². The molecule has 0 aliphatic rings. The van der Waals surface area contributed by atoms with Crippen LogP contribution >= 0.6 is 0 Å². The summed E-state index contributed by atoms with van der Waals surface area (Å²) in [6.07, 6.45) is 1.72. The van der Waals surface area contributed by atoms with E-state index in [0.717, 1.165) is 5.62 Å². The Hall–Kier alpha value is -1.06. The molecule has 0 aliphatic heterocycles. The van der Waals surface area contributed by atoms with Crippen molar-refractivity contribution >= 4 is 0 Å². The highest BCUT2D eigenvalue weighted by atomic mass is 15.4. The molecule has 4 heteroatoms. The molecule has 0 fully saturated rings. The van der Waals surface area contributed by atoms with Crippen LogP contribution in [-0.2, 0) is 14.1 Å². The first-order valence-corrected chi connectivity index (χ1v) is 2.73. The second-order valence-corrected chi connectivity index (χ2v) is 1.89. The fraction of sp³-hybridized carbons (Fsp3) is 0.600. The number of nitrogens with zero attached hydrogens (tertiary/aromatic N) is 4. The van der Waals surface area contributed by atoms with Crippen LogP contribution in [0.4, 0.5) is 0 Å². The summed E-state index contributed by atoms with van der Waals surface area (Å²) in [6.45, 7) is 0. The number of hydrogen-bond donors (Lipinski definition) is 0.